The van der Waals surface area contributed by atoms with Crippen LogP contribution in [-0.4, -0.2) is 26.8 Å². The van der Waals surface area contributed by atoms with Crippen LogP contribution in [0, 0.1) is 0 Å². The summed E-state index contributed by atoms with van der Waals surface area (Å²) < 4.78 is 0. The van der Waals surface area contributed by atoms with Crippen molar-refractivity contribution in [3.8, 4) is 0 Å². The SMILES string of the molecule is CCCNC(Cc1nnn(C)n1)c1cc(Cl)ccc1Cl. The molecule has 1 unspecified atom stereocenters. The van der Waals surface area contributed by atoms with Gasteiger partial charge in [0.1, 0.15) is 0 Å². The second-order valence-corrected chi connectivity index (χ2v) is 5.42. The summed E-state index contributed by atoms with van der Waals surface area (Å²) >= 11 is 12.3. The van der Waals surface area contributed by atoms with Crippen LogP contribution in [0.5, 0.6) is 0 Å². The van der Waals surface area contributed by atoms with Crippen molar-refractivity contribution >= 4 is 23.2 Å². The first kappa shape index (κ1) is 15.2. The van der Waals surface area contributed by atoms with E-state index in [1.165, 1.54) is 4.80 Å². The molecule has 7 heteroatoms. The van der Waals surface area contributed by atoms with Crippen molar-refractivity contribution in [1.29, 1.82) is 0 Å². The highest BCUT2D eigenvalue weighted by molar-refractivity contribution is 6.33. The molecule has 1 aromatic heterocycles. The monoisotopic (exact) mass is 313 g/mol. The smallest absolute Gasteiger partial charge is 0.176 e. The number of nitrogens with one attached hydrogen (secondary N) is 1. The van der Waals surface area contributed by atoms with E-state index < -0.39 is 0 Å². The van der Waals surface area contributed by atoms with Crippen LogP contribution in [0.15, 0.2) is 18.2 Å². The number of aryl methyl sites for hydroxylation is 1. The van der Waals surface area contributed by atoms with Gasteiger partial charge < -0.3 is 5.32 Å². The minimum Gasteiger partial charge on any atom is -0.310 e. The average Bonchev–Trinajstić information content (AvgIpc) is 2.83. The van der Waals surface area contributed by atoms with Crippen LogP contribution >= 0.6 is 23.2 Å². The van der Waals surface area contributed by atoms with E-state index in [2.05, 4.69) is 27.7 Å². The molecular weight excluding hydrogens is 297 g/mol. The van der Waals surface area contributed by atoms with E-state index in [1.807, 2.05) is 12.1 Å². The lowest BCUT2D eigenvalue weighted by atomic mass is 10.0. The number of hydrogen-bond donors (Lipinski definition) is 1. The van der Waals surface area contributed by atoms with Gasteiger partial charge in [-0.05, 0) is 41.9 Å². The fourth-order valence-corrected chi connectivity index (χ4v) is 2.41. The molecule has 1 N–H and O–H groups in total. The molecule has 0 radical (unpaired) electrons. The molecule has 0 fully saturated rings. The largest absolute Gasteiger partial charge is 0.310 e. The zero-order valence-corrected chi connectivity index (χ0v) is 13.0. The number of aromatic nitrogens is 4. The zero-order valence-electron chi connectivity index (χ0n) is 11.5. The highest BCUT2D eigenvalue weighted by Gasteiger charge is 2.17. The van der Waals surface area contributed by atoms with E-state index in [0.717, 1.165) is 18.5 Å². The molecule has 0 aliphatic carbocycles. The zero-order chi connectivity index (χ0) is 14.5. The fourth-order valence-electron chi connectivity index (χ4n) is 1.98. The first-order chi connectivity index (χ1) is 9.60. The number of hydrogen-bond acceptors (Lipinski definition) is 4. The van der Waals surface area contributed by atoms with Gasteiger partial charge in [0.05, 0.1) is 7.05 Å². The first-order valence-corrected chi connectivity index (χ1v) is 7.27. The molecule has 0 aliphatic rings. The summed E-state index contributed by atoms with van der Waals surface area (Å²) in [5, 5.41) is 16.9. The lowest BCUT2D eigenvalue weighted by Crippen LogP contribution is -2.25. The van der Waals surface area contributed by atoms with Gasteiger partial charge in [0.25, 0.3) is 0 Å². The molecular formula is C13H17Cl2N5. The Labute approximate surface area is 128 Å². The molecule has 0 aliphatic heterocycles. The Bertz CT molecular complexity index is 570. The Morgan fingerprint density at radius 1 is 1.35 bits per heavy atom. The summed E-state index contributed by atoms with van der Waals surface area (Å²) in [6.45, 7) is 3.00. The highest BCUT2D eigenvalue weighted by atomic mass is 35.5. The third-order valence-electron chi connectivity index (χ3n) is 2.91. The summed E-state index contributed by atoms with van der Waals surface area (Å²) in [6, 6.07) is 5.49. The van der Waals surface area contributed by atoms with E-state index >= 15 is 0 Å². The molecule has 2 aromatic rings. The Kier molecular flexibility index (Phi) is 5.34. The highest BCUT2D eigenvalue weighted by Crippen LogP contribution is 2.28. The van der Waals surface area contributed by atoms with Crippen molar-refractivity contribution in [3.63, 3.8) is 0 Å². The Morgan fingerprint density at radius 3 is 2.80 bits per heavy atom. The molecule has 0 amide bonds. The van der Waals surface area contributed by atoms with Crippen molar-refractivity contribution in [2.24, 2.45) is 7.05 Å². The van der Waals surface area contributed by atoms with E-state index in [-0.39, 0.29) is 6.04 Å². The van der Waals surface area contributed by atoms with Crippen LogP contribution in [-0.2, 0) is 13.5 Å². The maximum atomic E-state index is 6.28. The van der Waals surface area contributed by atoms with Gasteiger partial charge >= 0.3 is 0 Å². The summed E-state index contributed by atoms with van der Waals surface area (Å²) in [6.07, 6.45) is 1.65. The van der Waals surface area contributed by atoms with Crippen LogP contribution in [0.1, 0.15) is 30.8 Å². The molecule has 0 saturated carbocycles. The molecule has 108 valence electrons. The van der Waals surface area contributed by atoms with Crippen LogP contribution in [0.3, 0.4) is 0 Å². The maximum absolute atomic E-state index is 6.28. The third kappa shape index (κ3) is 3.91. The minimum absolute atomic E-state index is 0.0188. The number of rotatable bonds is 6. The summed E-state index contributed by atoms with van der Waals surface area (Å²) in [5.74, 6) is 0.678. The predicted octanol–water partition coefficient (Wildman–Crippen LogP) is 2.80. The molecule has 1 aromatic carbocycles. The van der Waals surface area contributed by atoms with Crippen molar-refractivity contribution in [2.45, 2.75) is 25.8 Å². The number of halogens is 2. The van der Waals surface area contributed by atoms with Gasteiger partial charge in [-0.15, -0.1) is 10.2 Å². The molecule has 2 rings (SSSR count). The predicted molar refractivity (Wildman–Crippen MR) is 80.0 cm³/mol. The lowest BCUT2D eigenvalue weighted by Gasteiger charge is -2.19. The Balaban J connectivity index is 2.24. The van der Waals surface area contributed by atoms with Gasteiger partial charge in [0.15, 0.2) is 5.82 Å². The quantitative estimate of drug-likeness (QED) is 0.891. The molecule has 0 bridgehead atoms. The standard InChI is InChI=1S/C13H17Cl2N5/c1-3-6-16-12(8-13-17-19-20(2)18-13)10-7-9(14)4-5-11(10)15/h4-5,7,12,16H,3,6,8H2,1-2H3. The maximum Gasteiger partial charge on any atom is 0.176 e. The van der Waals surface area contributed by atoms with E-state index in [0.29, 0.717) is 22.3 Å². The lowest BCUT2D eigenvalue weighted by molar-refractivity contribution is 0.517. The van der Waals surface area contributed by atoms with Crippen LogP contribution in [0.4, 0.5) is 0 Å². The molecule has 0 spiro atoms. The normalized spacial score (nSPS) is 12.6. The Hall–Kier alpha value is -1.17. The van der Waals surface area contributed by atoms with E-state index in [4.69, 9.17) is 23.2 Å². The van der Waals surface area contributed by atoms with E-state index in [9.17, 15) is 0 Å². The number of tetrazole rings is 1. The topological polar surface area (TPSA) is 55.6 Å². The summed E-state index contributed by atoms with van der Waals surface area (Å²) in [5.41, 5.74) is 0.958. The average molecular weight is 314 g/mol. The number of benzene rings is 1. The van der Waals surface area contributed by atoms with Crippen LogP contribution in [0.25, 0.3) is 0 Å². The minimum atomic E-state index is 0.0188. The van der Waals surface area contributed by atoms with Crippen LogP contribution in [0.2, 0.25) is 10.0 Å². The first-order valence-electron chi connectivity index (χ1n) is 6.51. The molecule has 20 heavy (non-hydrogen) atoms. The van der Waals surface area contributed by atoms with Gasteiger partial charge in [-0.25, -0.2) is 0 Å². The van der Waals surface area contributed by atoms with Crippen LogP contribution < -0.4 is 5.32 Å². The van der Waals surface area contributed by atoms with Crippen molar-refractivity contribution < 1.29 is 0 Å². The van der Waals surface area contributed by atoms with Crippen molar-refractivity contribution in [2.75, 3.05) is 6.54 Å². The van der Waals surface area contributed by atoms with Gasteiger partial charge in [0, 0.05) is 22.5 Å². The second kappa shape index (κ2) is 7.02. The van der Waals surface area contributed by atoms with Crippen molar-refractivity contribution in [3.05, 3.63) is 39.6 Å². The van der Waals surface area contributed by atoms with Gasteiger partial charge in [-0.2, -0.15) is 4.80 Å². The summed E-state index contributed by atoms with van der Waals surface area (Å²) in [7, 11) is 1.75. The van der Waals surface area contributed by atoms with Gasteiger partial charge in [-0.3, -0.25) is 0 Å². The molecule has 1 atom stereocenters. The third-order valence-corrected chi connectivity index (χ3v) is 3.49. The molecule has 1 heterocycles. The van der Waals surface area contributed by atoms with Crippen molar-refractivity contribution in [1.82, 2.24) is 25.5 Å². The summed E-state index contributed by atoms with van der Waals surface area (Å²) in [4.78, 5) is 1.45. The van der Waals surface area contributed by atoms with E-state index in [1.54, 1.807) is 13.1 Å². The number of nitrogens with zero attached hydrogens (tertiary/aromatic N) is 4. The molecule has 5 nitrogen and oxygen atoms in total. The molecule has 0 saturated heterocycles. The Morgan fingerprint density at radius 2 is 2.15 bits per heavy atom. The van der Waals surface area contributed by atoms with Gasteiger partial charge in [0.2, 0.25) is 0 Å². The second-order valence-electron chi connectivity index (χ2n) is 4.57. The fraction of sp³-hybridized carbons (Fsp3) is 0.462. The van der Waals surface area contributed by atoms with Gasteiger partial charge in [-0.1, -0.05) is 30.1 Å².